The highest BCUT2D eigenvalue weighted by molar-refractivity contribution is 7.18. The molecule has 0 saturated heterocycles. The first kappa shape index (κ1) is 28.7. The quantitative estimate of drug-likeness (QED) is 0.164. The summed E-state index contributed by atoms with van der Waals surface area (Å²) in [5.74, 6) is 1.26. The molecule has 3 atom stereocenters. The van der Waals surface area contributed by atoms with Gasteiger partial charge in [-0.05, 0) is 56.2 Å². The lowest BCUT2D eigenvalue weighted by Crippen LogP contribution is -2.44. The van der Waals surface area contributed by atoms with E-state index in [1.54, 1.807) is 13.3 Å². The monoisotopic (exact) mass is 559 g/mol. The largest absolute Gasteiger partial charge is 0.501 e. The number of methoxy groups -OCH3 is 1. The molecule has 1 aliphatic carbocycles. The first-order valence-corrected chi connectivity index (χ1v) is 13.4. The Morgan fingerprint density at radius 2 is 1.95 bits per heavy atom. The molecule has 1 aliphatic rings. The van der Waals surface area contributed by atoms with Gasteiger partial charge in [0.15, 0.2) is 0 Å². The van der Waals surface area contributed by atoms with Crippen LogP contribution in [0.2, 0.25) is 0 Å². The van der Waals surface area contributed by atoms with Crippen LogP contribution in [0.25, 0.3) is 15.8 Å². The number of nitrogens with one attached hydrogen (secondary N) is 2. The molecule has 3 aromatic rings. The summed E-state index contributed by atoms with van der Waals surface area (Å²) in [6.07, 6.45) is 1.04. The number of aromatic nitrogens is 2. The molecule has 7 nitrogen and oxygen atoms in total. The summed E-state index contributed by atoms with van der Waals surface area (Å²) in [4.78, 5) is 13.0. The maximum Gasteiger partial charge on any atom is 0.393 e. The Labute approximate surface area is 229 Å². The van der Waals surface area contributed by atoms with Gasteiger partial charge in [0, 0.05) is 35.3 Å². The van der Waals surface area contributed by atoms with Crippen LogP contribution < -0.4 is 10.6 Å². The molecule has 0 bridgehead atoms. The van der Waals surface area contributed by atoms with E-state index in [0.29, 0.717) is 35.4 Å². The minimum absolute atomic E-state index is 0.0548. The van der Waals surface area contributed by atoms with Gasteiger partial charge in [-0.3, -0.25) is 4.99 Å². The fraction of sp³-hybridized carbons (Fsp3) is 0.393. The number of hydrogen-bond donors (Lipinski definition) is 3. The van der Waals surface area contributed by atoms with Gasteiger partial charge in [-0.2, -0.15) is 13.2 Å². The third kappa shape index (κ3) is 8.11. The second kappa shape index (κ2) is 12.7. The Morgan fingerprint density at radius 3 is 2.64 bits per heavy atom. The molecule has 11 heteroatoms. The molecular weight excluding hydrogens is 527 g/mol. The van der Waals surface area contributed by atoms with Gasteiger partial charge in [0.25, 0.3) is 0 Å². The molecule has 1 fully saturated rings. The normalized spacial score (nSPS) is 20.7. The summed E-state index contributed by atoms with van der Waals surface area (Å²) in [7, 11) is 1.62. The SMILES string of the molecule is C=N/C=C(\C=C(/C)OC)c1ccc(CN[C@@H]2C[C@H](O)C[C@H](Nc3ncnc4sc(CC(F)(F)F)cc34)C2)cc1. The number of anilines is 1. The van der Waals surface area contributed by atoms with Crippen molar-refractivity contribution in [1.82, 2.24) is 15.3 Å². The van der Waals surface area contributed by atoms with E-state index in [0.717, 1.165) is 40.2 Å². The van der Waals surface area contributed by atoms with Gasteiger partial charge in [0.1, 0.15) is 17.0 Å². The van der Waals surface area contributed by atoms with Gasteiger partial charge in [-0.25, -0.2) is 9.97 Å². The Morgan fingerprint density at radius 1 is 1.21 bits per heavy atom. The van der Waals surface area contributed by atoms with Gasteiger partial charge in [-0.1, -0.05) is 24.3 Å². The van der Waals surface area contributed by atoms with E-state index in [4.69, 9.17) is 4.74 Å². The number of allylic oxidation sites excluding steroid dienone is 3. The first-order chi connectivity index (χ1) is 18.6. The van der Waals surface area contributed by atoms with Gasteiger partial charge < -0.3 is 20.5 Å². The number of aliphatic hydroxyl groups excluding tert-OH is 1. The lowest BCUT2D eigenvalue weighted by molar-refractivity contribution is -0.126. The third-order valence-electron chi connectivity index (χ3n) is 6.57. The summed E-state index contributed by atoms with van der Waals surface area (Å²) in [6.45, 7) is 6.04. The van der Waals surface area contributed by atoms with E-state index in [1.807, 2.05) is 37.3 Å². The lowest BCUT2D eigenvalue weighted by Gasteiger charge is -2.34. The molecule has 1 aromatic carbocycles. The molecule has 0 spiro atoms. The number of halogens is 3. The molecule has 39 heavy (non-hydrogen) atoms. The van der Waals surface area contributed by atoms with Crippen LogP contribution in [0, 0.1) is 0 Å². The molecule has 4 rings (SSSR count). The maximum absolute atomic E-state index is 12.9. The van der Waals surface area contributed by atoms with Crippen LogP contribution in [0.4, 0.5) is 19.0 Å². The van der Waals surface area contributed by atoms with Gasteiger partial charge >= 0.3 is 6.18 Å². The number of rotatable bonds is 10. The molecule has 208 valence electrons. The number of fused-ring (bicyclic) bond motifs is 1. The van der Waals surface area contributed by atoms with Crippen LogP contribution >= 0.6 is 11.3 Å². The van der Waals surface area contributed by atoms with Crippen LogP contribution in [-0.4, -0.2) is 53.3 Å². The minimum atomic E-state index is -4.28. The fourth-order valence-corrected chi connectivity index (χ4v) is 5.75. The van der Waals surface area contributed by atoms with Gasteiger partial charge in [-0.15, -0.1) is 11.3 Å². The minimum Gasteiger partial charge on any atom is -0.501 e. The summed E-state index contributed by atoms with van der Waals surface area (Å²) in [6, 6.07) is 9.58. The fourth-order valence-electron chi connectivity index (χ4n) is 4.72. The van der Waals surface area contributed by atoms with E-state index < -0.39 is 18.7 Å². The second-order valence-electron chi connectivity index (χ2n) is 9.65. The van der Waals surface area contributed by atoms with Crippen molar-refractivity contribution in [3.63, 3.8) is 0 Å². The van der Waals surface area contributed by atoms with Crippen LogP contribution in [-0.2, 0) is 17.7 Å². The van der Waals surface area contributed by atoms with Gasteiger partial charge in [0.05, 0.1) is 30.8 Å². The van der Waals surface area contributed by atoms with E-state index >= 15 is 0 Å². The van der Waals surface area contributed by atoms with Crippen LogP contribution in [0.1, 0.15) is 42.2 Å². The number of ether oxygens (including phenoxy) is 1. The van der Waals surface area contributed by atoms with Crippen molar-refractivity contribution < 1.29 is 23.0 Å². The average Bonchev–Trinajstić information content (AvgIpc) is 3.29. The molecule has 2 heterocycles. The highest BCUT2D eigenvalue weighted by atomic mass is 32.1. The molecule has 0 amide bonds. The molecular formula is C28H32F3N5O2S. The van der Waals surface area contributed by atoms with E-state index in [9.17, 15) is 18.3 Å². The predicted octanol–water partition coefficient (Wildman–Crippen LogP) is 5.87. The maximum atomic E-state index is 12.9. The summed E-state index contributed by atoms with van der Waals surface area (Å²) >= 11 is 1.02. The second-order valence-corrected chi connectivity index (χ2v) is 10.8. The number of hydrogen-bond acceptors (Lipinski definition) is 8. The summed E-state index contributed by atoms with van der Waals surface area (Å²) in [5.41, 5.74) is 2.97. The van der Waals surface area contributed by atoms with E-state index in [2.05, 4.69) is 32.3 Å². The predicted molar refractivity (Wildman–Crippen MR) is 150 cm³/mol. The Kier molecular flexibility index (Phi) is 9.36. The molecule has 0 radical (unpaired) electrons. The van der Waals surface area contributed by atoms with Crippen molar-refractivity contribution in [3.05, 3.63) is 70.7 Å². The molecule has 3 N–H and O–H groups in total. The third-order valence-corrected chi connectivity index (χ3v) is 7.61. The summed E-state index contributed by atoms with van der Waals surface area (Å²) < 4.78 is 43.9. The number of alkyl halides is 3. The van der Waals surface area contributed by atoms with Crippen molar-refractivity contribution in [2.75, 3.05) is 12.4 Å². The Bertz CT molecular complexity index is 1340. The van der Waals surface area contributed by atoms with Crippen molar-refractivity contribution in [2.24, 2.45) is 4.99 Å². The summed E-state index contributed by atoms with van der Waals surface area (Å²) in [5, 5.41) is 18.0. The molecule has 0 aliphatic heterocycles. The Balaban J connectivity index is 1.39. The number of aliphatic imine (C=N–C) groups is 1. The number of benzene rings is 1. The standard InChI is InChI=1S/C28H32F3N5O2S/c1-17(38-3)8-20(15-32-2)19-6-4-18(5-7-19)14-33-21-9-22(11-23(37)10-21)36-26-25-12-24(13-28(29,30)31)39-27(25)35-16-34-26/h4-8,12,15-16,21-23,33,37H,2,9-11,13-14H2,1,3H3,(H,34,35,36)/b17-8+,20-15+/t21-,22+,23-/m0/s1. The highest BCUT2D eigenvalue weighted by Crippen LogP contribution is 2.33. The zero-order valence-corrected chi connectivity index (χ0v) is 22.6. The van der Waals surface area contributed by atoms with Crippen molar-refractivity contribution >= 4 is 39.7 Å². The highest BCUT2D eigenvalue weighted by Gasteiger charge is 2.30. The van der Waals surface area contributed by atoms with Crippen LogP contribution in [0.3, 0.4) is 0 Å². The molecule has 0 unspecified atom stereocenters. The smallest absolute Gasteiger partial charge is 0.393 e. The molecule has 1 saturated carbocycles. The van der Waals surface area contributed by atoms with Crippen LogP contribution in [0.15, 0.2) is 59.7 Å². The number of aliphatic hydroxyl groups is 1. The van der Waals surface area contributed by atoms with Crippen molar-refractivity contribution in [2.45, 2.75) is 63.5 Å². The van der Waals surface area contributed by atoms with Gasteiger partial charge in [0.2, 0.25) is 0 Å². The van der Waals surface area contributed by atoms with Crippen molar-refractivity contribution in [1.29, 1.82) is 0 Å². The Hall–Kier alpha value is -3.28. The van der Waals surface area contributed by atoms with E-state index in [-0.39, 0.29) is 17.0 Å². The zero-order valence-electron chi connectivity index (χ0n) is 21.8. The molecule has 2 aromatic heterocycles. The number of nitrogens with zero attached hydrogens (tertiary/aromatic N) is 3. The average molecular weight is 560 g/mol. The van der Waals surface area contributed by atoms with Crippen LogP contribution in [0.5, 0.6) is 0 Å². The lowest BCUT2D eigenvalue weighted by atomic mass is 9.88. The first-order valence-electron chi connectivity index (χ1n) is 12.6. The number of thiophene rings is 1. The van der Waals surface area contributed by atoms with E-state index in [1.165, 1.54) is 12.4 Å². The topological polar surface area (TPSA) is 91.7 Å². The van der Waals surface area contributed by atoms with Crippen molar-refractivity contribution in [3.8, 4) is 0 Å². The zero-order chi connectivity index (χ0) is 28.0.